The van der Waals surface area contributed by atoms with E-state index in [-0.39, 0.29) is 5.97 Å². The molecular formula is C3H7ClNOP. The summed E-state index contributed by atoms with van der Waals surface area (Å²) in [7, 11) is 0.350. The van der Waals surface area contributed by atoms with Crippen LogP contribution >= 0.6 is 19.2 Å². The van der Waals surface area contributed by atoms with Gasteiger partial charge in [-0.05, 0) is 0 Å². The molecule has 0 saturated carbocycles. The summed E-state index contributed by atoms with van der Waals surface area (Å²) in [5, 5.41) is 3.06. The molecule has 0 spiro atoms. The van der Waals surface area contributed by atoms with Gasteiger partial charge in [-0.15, -0.1) is 0 Å². The second kappa shape index (κ2) is 2.83. The average Bonchev–Trinajstić information content (AvgIpc) is 2.14. The lowest BCUT2D eigenvalue weighted by molar-refractivity contribution is 0.167. The molecule has 1 heterocycles. The van der Waals surface area contributed by atoms with E-state index in [9.17, 15) is 0 Å². The van der Waals surface area contributed by atoms with Crippen LogP contribution in [-0.2, 0) is 4.74 Å². The predicted molar refractivity (Wildman–Crippen MR) is 31.9 cm³/mol. The molecule has 0 bridgehead atoms. The molecule has 0 aromatic rings. The number of rotatable bonds is 1. The Bertz CT molecular complexity index is 56.9. The maximum atomic E-state index is 5.45. The molecule has 42 valence electrons. The van der Waals surface area contributed by atoms with Crippen molar-refractivity contribution in [1.29, 1.82) is 0 Å². The van der Waals surface area contributed by atoms with Gasteiger partial charge in [-0.1, -0.05) is 11.2 Å². The molecule has 1 rings (SSSR count). The molecule has 0 aromatic carbocycles. The molecule has 2 unspecified atom stereocenters. The van der Waals surface area contributed by atoms with E-state index in [4.69, 9.17) is 16.0 Å². The molecule has 0 aromatic heterocycles. The van der Waals surface area contributed by atoms with Gasteiger partial charge in [0.2, 0.25) is 0 Å². The van der Waals surface area contributed by atoms with Gasteiger partial charge in [-0.3, -0.25) is 5.32 Å². The molecule has 0 amide bonds. The number of ether oxygens (including phenoxy) is 1. The molecule has 2 atom stereocenters. The molecule has 0 radical (unpaired) electrons. The Labute approximate surface area is 49.1 Å². The third kappa shape index (κ3) is 1.54. The number of halogens is 1. The normalized spacial score (nSPS) is 33.0. The van der Waals surface area contributed by atoms with Crippen molar-refractivity contribution < 1.29 is 4.74 Å². The van der Waals surface area contributed by atoms with Crippen LogP contribution in [0.3, 0.4) is 0 Å². The highest BCUT2D eigenvalue weighted by Gasteiger charge is 2.11. The number of hydrogen-bond donors (Lipinski definition) is 1. The molecule has 7 heavy (non-hydrogen) atoms. The lowest BCUT2D eigenvalue weighted by Crippen LogP contribution is -2.15. The molecule has 0 aliphatic carbocycles. The van der Waals surface area contributed by atoms with Gasteiger partial charge in [0.1, 0.15) is 5.97 Å². The Balaban J connectivity index is 2.14. The third-order valence-electron chi connectivity index (χ3n) is 0.815. The summed E-state index contributed by atoms with van der Waals surface area (Å²) in [6.07, 6.45) is 0. The van der Waals surface area contributed by atoms with E-state index in [0.29, 0.717) is 7.93 Å². The lowest BCUT2D eigenvalue weighted by Gasteiger charge is -2.00. The molecule has 1 fully saturated rings. The van der Waals surface area contributed by atoms with Gasteiger partial charge >= 0.3 is 0 Å². The van der Waals surface area contributed by atoms with Crippen molar-refractivity contribution >= 4 is 19.2 Å². The summed E-state index contributed by atoms with van der Waals surface area (Å²) >= 11 is 5.45. The first kappa shape index (κ1) is 5.77. The monoisotopic (exact) mass is 139 g/mol. The summed E-state index contributed by atoms with van der Waals surface area (Å²) < 4.78 is 5.07. The van der Waals surface area contributed by atoms with Crippen molar-refractivity contribution in [3.8, 4) is 0 Å². The first-order valence-corrected chi connectivity index (χ1v) is 4.23. The van der Waals surface area contributed by atoms with Crippen molar-refractivity contribution in [3.63, 3.8) is 0 Å². The molecule has 2 nitrogen and oxygen atoms in total. The predicted octanol–water partition coefficient (Wildman–Crippen LogP) is 0.722. The Morgan fingerprint density at radius 2 is 2.71 bits per heavy atom. The van der Waals surface area contributed by atoms with Crippen molar-refractivity contribution in [2.75, 3.05) is 13.2 Å². The Morgan fingerprint density at radius 1 is 1.86 bits per heavy atom. The van der Waals surface area contributed by atoms with Crippen molar-refractivity contribution in [2.24, 2.45) is 0 Å². The van der Waals surface area contributed by atoms with Gasteiger partial charge in [0.15, 0.2) is 0 Å². The van der Waals surface area contributed by atoms with Crippen LogP contribution in [-0.4, -0.2) is 19.1 Å². The van der Waals surface area contributed by atoms with Crippen LogP contribution in [0.4, 0.5) is 0 Å². The SMILES string of the molecule is ClPC1NCCO1. The molecule has 1 aliphatic rings. The van der Waals surface area contributed by atoms with Gasteiger partial charge in [-0.25, -0.2) is 0 Å². The first-order chi connectivity index (χ1) is 3.43. The van der Waals surface area contributed by atoms with Gasteiger partial charge in [0, 0.05) is 14.5 Å². The van der Waals surface area contributed by atoms with Crippen LogP contribution in [0.2, 0.25) is 0 Å². The Kier molecular flexibility index (Phi) is 2.33. The molecule has 4 heteroatoms. The van der Waals surface area contributed by atoms with Crippen LogP contribution in [0.1, 0.15) is 0 Å². The summed E-state index contributed by atoms with van der Waals surface area (Å²) in [5.74, 6) is 0.140. The van der Waals surface area contributed by atoms with Crippen molar-refractivity contribution in [1.82, 2.24) is 5.32 Å². The first-order valence-electron chi connectivity index (χ1n) is 2.14. The second-order valence-electron chi connectivity index (χ2n) is 1.31. The topological polar surface area (TPSA) is 21.3 Å². The molecule has 1 N–H and O–H groups in total. The number of hydrogen-bond acceptors (Lipinski definition) is 2. The minimum Gasteiger partial charge on any atom is -0.357 e. The Morgan fingerprint density at radius 3 is 3.00 bits per heavy atom. The number of nitrogens with one attached hydrogen (secondary N) is 1. The van der Waals surface area contributed by atoms with Gasteiger partial charge in [0.05, 0.1) is 6.61 Å². The van der Waals surface area contributed by atoms with E-state index in [1.807, 2.05) is 0 Å². The smallest absolute Gasteiger partial charge is 0.139 e. The van der Waals surface area contributed by atoms with Gasteiger partial charge < -0.3 is 4.74 Å². The highest BCUT2D eigenvalue weighted by Crippen LogP contribution is 2.24. The molecular weight excluding hydrogens is 132 g/mol. The van der Waals surface area contributed by atoms with E-state index in [1.54, 1.807) is 0 Å². The fourth-order valence-electron chi connectivity index (χ4n) is 0.496. The van der Waals surface area contributed by atoms with Crippen LogP contribution in [0.5, 0.6) is 0 Å². The maximum absolute atomic E-state index is 5.45. The Hall–Kier alpha value is 0.640. The van der Waals surface area contributed by atoms with Crippen molar-refractivity contribution in [2.45, 2.75) is 5.97 Å². The van der Waals surface area contributed by atoms with Gasteiger partial charge in [0.25, 0.3) is 0 Å². The van der Waals surface area contributed by atoms with E-state index in [0.717, 1.165) is 13.2 Å². The van der Waals surface area contributed by atoms with E-state index >= 15 is 0 Å². The minimum atomic E-state index is 0.140. The third-order valence-corrected chi connectivity index (χ3v) is 1.98. The second-order valence-corrected chi connectivity index (χ2v) is 2.71. The highest BCUT2D eigenvalue weighted by molar-refractivity contribution is 7.68. The van der Waals surface area contributed by atoms with E-state index in [2.05, 4.69) is 5.32 Å². The van der Waals surface area contributed by atoms with Crippen LogP contribution < -0.4 is 5.32 Å². The zero-order chi connectivity index (χ0) is 5.11. The zero-order valence-corrected chi connectivity index (χ0v) is 5.53. The summed E-state index contributed by atoms with van der Waals surface area (Å²) in [5.41, 5.74) is 0. The summed E-state index contributed by atoms with van der Waals surface area (Å²) in [4.78, 5) is 0. The summed E-state index contributed by atoms with van der Waals surface area (Å²) in [6.45, 7) is 1.76. The van der Waals surface area contributed by atoms with Crippen molar-refractivity contribution in [3.05, 3.63) is 0 Å². The van der Waals surface area contributed by atoms with Gasteiger partial charge in [-0.2, -0.15) is 0 Å². The quantitative estimate of drug-likeness (QED) is 0.541. The minimum absolute atomic E-state index is 0.140. The molecule has 1 saturated heterocycles. The zero-order valence-electron chi connectivity index (χ0n) is 3.78. The largest absolute Gasteiger partial charge is 0.357 e. The highest BCUT2D eigenvalue weighted by atomic mass is 35.7. The molecule has 1 aliphatic heterocycles. The van der Waals surface area contributed by atoms with E-state index in [1.165, 1.54) is 0 Å². The standard InChI is InChI=1S/C3H7ClNOP/c4-7-3-5-1-2-6-3/h3,5,7H,1-2H2. The summed E-state index contributed by atoms with van der Waals surface area (Å²) in [6, 6.07) is 0. The average molecular weight is 140 g/mol. The van der Waals surface area contributed by atoms with E-state index < -0.39 is 0 Å². The lowest BCUT2D eigenvalue weighted by atomic mass is 10.7. The van der Waals surface area contributed by atoms with Crippen LogP contribution in [0, 0.1) is 0 Å². The fourth-order valence-corrected chi connectivity index (χ4v) is 1.32. The fraction of sp³-hybridized carbons (Fsp3) is 1.00. The van der Waals surface area contributed by atoms with Crippen LogP contribution in [0.15, 0.2) is 0 Å². The maximum Gasteiger partial charge on any atom is 0.139 e. The van der Waals surface area contributed by atoms with Crippen LogP contribution in [0.25, 0.3) is 0 Å².